The summed E-state index contributed by atoms with van der Waals surface area (Å²) in [5.74, 6) is -0.664. The highest BCUT2D eigenvalue weighted by Crippen LogP contribution is 2.36. The topological polar surface area (TPSA) is 78.9 Å². The van der Waals surface area contributed by atoms with Crippen LogP contribution in [0.2, 0.25) is 0 Å². The predicted octanol–water partition coefficient (Wildman–Crippen LogP) is 1.04. The first-order valence-electron chi connectivity index (χ1n) is 6.59. The van der Waals surface area contributed by atoms with E-state index in [4.69, 9.17) is 21.7 Å². The van der Waals surface area contributed by atoms with Crippen molar-refractivity contribution in [3.8, 4) is 11.5 Å². The number of carboxylic acid groups (broad SMARTS) is 1. The third-order valence-corrected chi connectivity index (χ3v) is 4.61. The normalized spacial score (nSPS) is 17.5. The van der Waals surface area contributed by atoms with Crippen molar-refractivity contribution in [2.45, 2.75) is 13.0 Å². The summed E-state index contributed by atoms with van der Waals surface area (Å²) in [6.07, 6.45) is 1.60. The van der Waals surface area contributed by atoms with Crippen LogP contribution in [0, 0.1) is 0 Å². The summed E-state index contributed by atoms with van der Waals surface area (Å²) in [6, 6.07) is 4.04. The van der Waals surface area contributed by atoms with Crippen LogP contribution in [0.3, 0.4) is 0 Å². The zero-order valence-corrected chi connectivity index (χ0v) is 14.3. The summed E-state index contributed by atoms with van der Waals surface area (Å²) >= 11 is 6.13. The molecule has 6 nitrogen and oxygen atoms in total. The van der Waals surface area contributed by atoms with Crippen molar-refractivity contribution in [3.63, 3.8) is 0 Å². The van der Waals surface area contributed by atoms with Gasteiger partial charge in [-0.3, -0.25) is 9.69 Å². The Bertz CT molecular complexity index is 701. The van der Waals surface area contributed by atoms with Gasteiger partial charge >= 0.3 is 0 Å². The predicted molar refractivity (Wildman–Crippen MR) is 89.0 cm³/mol. The summed E-state index contributed by atoms with van der Waals surface area (Å²) in [7, 11) is 3.05. The van der Waals surface area contributed by atoms with Gasteiger partial charge in [0.05, 0.1) is 31.1 Å². The number of ether oxygens (including phenoxy) is 2. The SMILES string of the molecule is COc1ccc(OC)c(/C=C2/SC(=S)N([C@H](C)C(=O)[O-])C2=O)c1. The van der Waals surface area contributed by atoms with Crippen LogP contribution in [-0.4, -0.2) is 41.4 Å². The molecule has 1 heterocycles. The molecule has 0 bridgehead atoms. The number of rotatable bonds is 5. The second-order valence-corrected chi connectivity index (χ2v) is 6.33. The molecule has 1 fully saturated rings. The van der Waals surface area contributed by atoms with E-state index in [0.29, 0.717) is 22.0 Å². The molecule has 0 saturated carbocycles. The number of hydrogen-bond acceptors (Lipinski definition) is 7. The van der Waals surface area contributed by atoms with Crippen LogP contribution in [0.25, 0.3) is 6.08 Å². The number of thioether (sulfide) groups is 1. The van der Waals surface area contributed by atoms with Gasteiger partial charge < -0.3 is 19.4 Å². The van der Waals surface area contributed by atoms with Crippen molar-refractivity contribution in [1.29, 1.82) is 0 Å². The van der Waals surface area contributed by atoms with E-state index in [2.05, 4.69) is 0 Å². The zero-order valence-electron chi connectivity index (χ0n) is 12.7. The van der Waals surface area contributed by atoms with Crippen molar-refractivity contribution in [2.24, 2.45) is 0 Å². The Morgan fingerprint density at radius 2 is 2.09 bits per heavy atom. The van der Waals surface area contributed by atoms with E-state index in [1.165, 1.54) is 21.1 Å². The molecule has 23 heavy (non-hydrogen) atoms. The number of nitrogens with zero attached hydrogens (tertiary/aromatic N) is 1. The molecule has 1 aliphatic rings. The van der Waals surface area contributed by atoms with Gasteiger partial charge in [-0.15, -0.1) is 0 Å². The largest absolute Gasteiger partial charge is 0.548 e. The Labute approximate surface area is 143 Å². The summed E-state index contributed by atoms with van der Waals surface area (Å²) in [6.45, 7) is 1.36. The first-order chi connectivity index (χ1) is 10.9. The molecule has 122 valence electrons. The molecule has 1 atom stereocenters. The number of amides is 1. The van der Waals surface area contributed by atoms with Crippen LogP contribution < -0.4 is 14.6 Å². The number of hydrogen-bond donors (Lipinski definition) is 0. The number of carbonyl (C=O) groups excluding carboxylic acids is 2. The van der Waals surface area contributed by atoms with Crippen molar-refractivity contribution in [1.82, 2.24) is 4.90 Å². The molecule has 0 spiro atoms. The van der Waals surface area contributed by atoms with E-state index in [0.717, 1.165) is 16.7 Å². The first-order valence-corrected chi connectivity index (χ1v) is 7.81. The van der Waals surface area contributed by atoms with Gasteiger partial charge in [0.25, 0.3) is 5.91 Å². The van der Waals surface area contributed by atoms with Gasteiger partial charge in [-0.1, -0.05) is 24.0 Å². The molecule has 1 amide bonds. The van der Waals surface area contributed by atoms with Gasteiger partial charge in [-0.2, -0.15) is 0 Å². The van der Waals surface area contributed by atoms with Crippen LogP contribution >= 0.6 is 24.0 Å². The zero-order chi connectivity index (χ0) is 17.1. The second-order valence-electron chi connectivity index (χ2n) is 4.65. The Hall–Kier alpha value is -2.06. The fourth-order valence-corrected chi connectivity index (χ4v) is 3.42. The van der Waals surface area contributed by atoms with Crippen LogP contribution in [0.15, 0.2) is 23.1 Å². The van der Waals surface area contributed by atoms with Gasteiger partial charge in [0.1, 0.15) is 15.8 Å². The maximum Gasteiger partial charge on any atom is 0.266 e. The quantitative estimate of drug-likeness (QED) is 0.579. The maximum absolute atomic E-state index is 12.4. The van der Waals surface area contributed by atoms with Crippen LogP contribution in [-0.2, 0) is 9.59 Å². The van der Waals surface area contributed by atoms with E-state index in [1.807, 2.05) is 0 Å². The molecular formula is C15H14NO5S2-. The number of thiocarbonyl (C=S) groups is 1. The van der Waals surface area contributed by atoms with Crippen molar-refractivity contribution in [2.75, 3.05) is 14.2 Å². The summed E-state index contributed by atoms with van der Waals surface area (Å²) < 4.78 is 10.6. The number of carboxylic acids is 1. The van der Waals surface area contributed by atoms with Crippen LogP contribution in [0.5, 0.6) is 11.5 Å². The molecule has 0 unspecified atom stereocenters. The van der Waals surface area contributed by atoms with E-state index in [-0.39, 0.29) is 4.32 Å². The van der Waals surface area contributed by atoms with E-state index >= 15 is 0 Å². The monoisotopic (exact) mass is 352 g/mol. The molecule has 1 aromatic rings. The van der Waals surface area contributed by atoms with Crippen molar-refractivity contribution >= 4 is 46.3 Å². The summed E-state index contributed by atoms with van der Waals surface area (Å²) in [5.41, 5.74) is 0.633. The third-order valence-electron chi connectivity index (χ3n) is 3.28. The number of methoxy groups -OCH3 is 2. The van der Waals surface area contributed by atoms with E-state index in [1.54, 1.807) is 24.3 Å². The lowest BCUT2D eigenvalue weighted by Gasteiger charge is -2.23. The summed E-state index contributed by atoms with van der Waals surface area (Å²) in [5, 5.41) is 11.0. The summed E-state index contributed by atoms with van der Waals surface area (Å²) in [4.78, 5) is 24.8. The number of benzene rings is 1. The van der Waals surface area contributed by atoms with Crippen molar-refractivity contribution in [3.05, 3.63) is 28.7 Å². The average Bonchev–Trinajstić information content (AvgIpc) is 2.80. The molecule has 1 saturated heterocycles. The molecule has 1 aromatic carbocycles. The van der Waals surface area contributed by atoms with Crippen LogP contribution in [0.1, 0.15) is 12.5 Å². The highest BCUT2D eigenvalue weighted by molar-refractivity contribution is 8.26. The molecule has 8 heteroatoms. The highest BCUT2D eigenvalue weighted by atomic mass is 32.2. The average molecular weight is 352 g/mol. The van der Waals surface area contributed by atoms with E-state index < -0.39 is 17.9 Å². The maximum atomic E-state index is 12.4. The van der Waals surface area contributed by atoms with Gasteiger partial charge in [0.2, 0.25) is 0 Å². The third kappa shape index (κ3) is 3.48. The molecule has 0 aromatic heterocycles. The number of carbonyl (C=O) groups is 2. The minimum Gasteiger partial charge on any atom is -0.548 e. The van der Waals surface area contributed by atoms with Crippen molar-refractivity contribution < 1.29 is 24.2 Å². The standard InChI is InChI=1S/C15H15NO5S2/c1-8(14(18)19)16-13(17)12(23-15(16)22)7-9-6-10(20-2)4-5-11(9)21-3/h4-8H,1-3H3,(H,18,19)/p-1/b12-7+/t8-/m1/s1. The van der Waals surface area contributed by atoms with Gasteiger partial charge in [0.15, 0.2) is 0 Å². The first kappa shape index (κ1) is 17.3. The van der Waals surface area contributed by atoms with E-state index in [9.17, 15) is 14.7 Å². The molecular weight excluding hydrogens is 338 g/mol. The molecule has 2 rings (SSSR count). The lowest BCUT2D eigenvalue weighted by molar-refractivity contribution is -0.309. The van der Waals surface area contributed by atoms with Crippen LogP contribution in [0.4, 0.5) is 0 Å². The van der Waals surface area contributed by atoms with Gasteiger partial charge in [-0.25, -0.2) is 0 Å². The Balaban J connectivity index is 2.39. The number of aliphatic carboxylic acids is 1. The Morgan fingerprint density at radius 3 is 2.65 bits per heavy atom. The second kappa shape index (κ2) is 7.01. The minimum atomic E-state index is -1.36. The smallest absolute Gasteiger partial charge is 0.266 e. The molecule has 0 aliphatic carbocycles. The fraction of sp³-hybridized carbons (Fsp3) is 0.267. The Morgan fingerprint density at radius 1 is 1.39 bits per heavy atom. The van der Waals surface area contributed by atoms with Gasteiger partial charge in [0, 0.05) is 5.56 Å². The lowest BCUT2D eigenvalue weighted by atomic mass is 10.1. The molecule has 1 aliphatic heterocycles. The minimum absolute atomic E-state index is 0.180. The fourth-order valence-electron chi connectivity index (χ4n) is 2.01. The van der Waals surface area contributed by atoms with Gasteiger partial charge in [-0.05, 0) is 31.2 Å². The Kier molecular flexibility index (Phi) is 5.27. The lowest BCUT2D eigenvalue weighted by Crippen LogP contribution is -2.48. The highest BCUT2D eigenvalue weighted by Gasteiger charge is 2.36. The molecule has 0 N–H and O–H groups in total. The molecule has 0 radical (unpaired) electrons.